The van der Waals surface area contributed by atoms with Gasteiger partial charge in [0.25, 0.3) is 0 Å². The fourth-order valence-electron chi connectivity index (χ4n) is 7.30. The molecular formula is C40H29N3S2. The average molecular weight is 616 g/mol. The molecule has 0 amide bonds. The monoisotopic (exact) mass is 615 g/mol. The highest BCUT2D eigenvalue weighted by molar-refractivity contribution is 8.03. The summed E-state index contributed by atoms with van der Waals surface area (Å²) in [7, 11) is 1.97. The molecule has 0 bridgehead atoms. The second-order valence-corrected chi connectivity index (χ2v) is 13.8. The Morgan fingerprint density at radius 1 is 0.800 bits per heavy atom. The van der Waals surface area contributed by atoms with Crippen molar-refractivity contribution < 1.29 is 0 Å². The summed E-state index contributed by atoms with van der Waals surface area (Å²) >= 11 is 3.78. The van der Waals surface area contributed by atoms with Crippen LogP contribution in [0.2, 0.25) is 0 Å². The lowest BCUT2D eigenvalue weighted by atomic mass is 9.80. The van der Waals surface area contributed by atoms with Crippen molar-refractivity contribution in [1.29, 1.82) is 5.41 Å². The van der Waals surface area contributed by atoms with Crippen LogP contribution in [0.4, 0.5) is 0 Å². The van der Waals surface area contributed by atoms with Crippen LogP contribution in [0.5, 0.6) is 0 Å². The van der Waals surface area contributed by atoms with Crippen LogP contribution >= 0.6 is 23.1 Å². The Morgan fingerprint density at radius 3 is 2.49 bits per heavy atom. The normalized spacial score (nSPS) is 18.0. The summed E-state index contributed by atoms with van der Waals surface area (Å²) in [4.78, 5) is 0. The lowest BCUT2D eigenvalue weighted by Gasteiger charge is -2.25. The summed E-state index contributed by atoms with van der Waals surface area (Å²) in [5.74, 6) is 0.282. The van der Waals surface area contributed by atoms with Crippen LogP contribution in [0.25, 0.3) is 69.6 Å². The summed E-state index contributed by atoms with van der Waals surface area (Å²) in [6.07, 6.45) is 14.5. The molecule has 0 saturated heterocycles. The standard InChI is InChI=1S/C40H29N3S2/c1-42-34(15-17-41)40-32-21-35-24(16-18-43(35)25-9-3-2-4-10-25)19-28(32)29-22-38-30(26-11-6-8-14-37(26)45-38)20-31(29)39(40)33-23-44-36-13-7-5-12-27(33)36/h2-23,27,36,41-42H,1H3/b34-15-,41-17?. The molecule has 0 spiro atoms. The molecule has 5 heteroatoms. The summed E-state index contributed by atoms with van der Waals surface area (Å²) < 4.78 is 4.90. The Hall–Kier alpha value is -4.84. The summed E-state index contributed by atoms with van der Waals surface area (Å²) in [6.45, 7) is 0. The van der Waals surface area contributed by atoms with Gasteiger partial charge in [-0.2, -0.15) is 0 Å². The molecule has 2 aliphatic rings. The van der Waals surface area contributed by atoms with Crippen LogP contribution in [-0.4, -0.2) is 23.1 Å². The summed E-state index contributed by atoms with van der Waals surface area (Å²) in [5, 5.41) is 23.2. The first-order valence-corrected chi connectivity index (χ1v) is 17.0. The summed E-state index contributed by atoms with van der Waals surface area (Å²) in [6, 6.07) is 31.2. The van der Waals surface area contributed by atoms with Gasteiger partial charge < -0.3 is 15.3 Å². The molecule has 1 aliphatic heterocycles. The van der Waals surface area contributed by atoms with Gasteiger partial charge in [-0.25, -0.2) is 0 Å². The van der Waals surface area contributed by atoms with Crippen molar-refractivity contribution in [3.05, 3.63) is 138 Å². The number of nitrogens with one attached hydrogen (secondary N) is 2. The minimum absolute atomic E-state index is 0.282. The van der Waals surface area contributed by atoms with E-state index in [0.717, 1.165) is 16.9 Å². The number of thioether (sulfide) groups is 1. The van der Waals surface area contributed by atoms with Gasteiger partial charge in [0.2, 0.25) is 0 Å². The molecule has 0 fully saturated rings. The van der Waals surface area contributed by atoms with E-state index in [0.29, 0.717) is 5.25 Å². The van der Waals surface area contributed by atoms with Crippen molar-refractivity contribution in [3.8, 4) is 5.69 Å². The molecule has 3 nitrogen and oxygen atoms in total. The molecule has 7 aromatic rings. The zero-order chi connectivity index (χ0) is 30.1. The molecule has 5 aromatic carbocycles. The number of aromatic nitrogens is 1. The van der Waals surface area contributed by atoms with E-state index in [9.17, 15) is 0 Å². The van der Waals surface area contributed by atoms with Gasteiger partial charge in [0.1, 0.15) is 0 Å². The number of benzene rings is 5. The zero-order valence-corrected chi connectivity index (χ0v) is 26.3. The van der Waals surface area contributed by atoms with Crippen LogP contribution in [0.1, 0.15) is 11.1 Å². The first kappa shape index (κ1) is 26.6. The fourth-order valence-corrected chi connectivity index (χ4v) is 9.60. The van der Waals surface area contributed by atoms with Crippen LogP contribution in [0.15, 0.2) is 127 Å². The highest BCUT2D eigenvalue weighted by Gasteiger charge is 2.33. The quantitative estimate of drug-likeness (QED) is 0.149. The minimum Gasteiger partial charge on any atom is -0.388 e. The predicted octanol–water partition coefficient (Wildman–Crippen LogP) is 10.7. The zero-order valence-electron chi connectivity index (χ0n) is 24.6. The highest BCUT2D eigenvalue weighted by Crippen LogP contribution is 2.51. The number of nitrogens with zero attached hydrogens (tertiary/aromatic N) is 1. The van der Waals surface area contributed by atoms with Crippen LogP contribution in [0.3, 0.4) is 0 Å². The Morgan fingerprint density at radius 2 is 1.62 bits per heavy atom. The number of allylic oxidation sites excluding steroid dienone is 5. The predicted molar refractivity (Wildman–Crippen MR) is 198 cm³/mol. The molecular weight excluding hydrogens is 587 g/mol. The molecule has 3 heterocycles. The molecule has 0 saturated carbocycles. The van der Waals surface area contributed by atoms with Crippen molar-refractivity contribution in [2.75, 3.05) is 7.05 Å². The van der Waals surface area contributed by atoms with Gasteiger partial charge in [-0.3, -0.25) is 0 Å². The van der Waals surface area contributed by atoms with E-state index in [1.54, 1.807) is 0 Å². The number of hydrogen-bond donors (Lipinski definition) is 2. The fraction of sp³-hybridized carbons (Fsp3) is 0.0750. The van der Waals surface area contributed by atoms with Gasteiger partial charge in [-0.05, 0) is 92.7 Å². The van der Waals surface area contributed by atoms with Crippen molar-refractivity contribution in [3.63, 3.8) is 0 Å². The molecule has 9 rings (SSSR count). The van der Waals surface area contributed by atoms with Gasteiger partial charge in [-0.1, -0.05) is 60.7 Å². The Bertz CT molecular complexity index is 2470. The molecule has 2 unspecified atom stereocenters. The highest BCUT2D eigenvalue weighted by atomic mass is 32.2. The van der Waals surface area contributed by atoms with E-state index in [-0.39, 0.29) is 5.92 Å². The lowest BCUT2D eigenvalue weighted by molar-refractivity contribution is 0.877. The average Bonchev–Trinajstić information content (AvgIpc) is 3.80. The SMILES string of the molecule is CN/C(=C\C=N)c1c(C2=CSC3C=CC=CC23)c2cc3c(cc2c2cc4ccn(-c5ccccc5)c4cc12)sc1ccccc13. The second kappa shape index (κ2) is 10.4. The molecule has 2 N–H and O–H groups in total. The smallest absolute Gasteiger partial charge is 0.0535 e. The third-order valence-corrected chi connectivity index (χ3v) is 11.6. The molecule has 1 aliphatic carbocycles. The maximum Gasteiger partial charge on any atom is 0.0535 e. The third-order valence-electron chi connectivity index (χ3n) is 9.33. The number of rotatable bonds is 5. The van der Waals surface area contributed by atoms with Crippen LogP contribution in [-0.2, 0) is 0 Å². The number of hydrogen-bond acceptors (Lipinski definition) is 4. The van der Waals surface area contributed by atoms with Crippen molar-refractivity contribution in [2.45, 2.75) is 5.25 Å². The molecule has 2 atom stereocenters. The first-order chi connectivity index (χ1) is 22.2. The third kappa shape index (κ3) is 4.01. The Kier molecular flexibility index (Phi) is 6.12. The second-order valence-electron chi connectivity index (χ2n) is 11.7. The first-order valence-electron chi connectivity index (χ1n) is 15.2. The molecule has 0 radical (unpaired) electrons. The maximum atomic E-state index is 8.13. The minimum atomic E-state index is 0.282. The van der Waals surface area contributed by atoms with E-state index in [2.05, 4.69) is 131 Å². The number of fused-ring (bicyclic) bond motifs is 8. The van der Waals surface area contributed by atoms with Crippen molar-refractivity contribution in [1.82, 2.24) is 9.88 Å². The number of thiophene rings is 1. The van der Waals surface area contributed by atoms with Crippen LogP contribution in [0, 0.1) is 11.3 Å². The van der Waals surface area contributed by atoms with Gasteiger partial charge in [0.05, 0.1) is 5.52 Å². The number of para-hydroxylation sites is 1. The topological polar surface area (TPSA) is 40.8 Å². The lowest BCUT2D eigenvalue weighted by Crippen LogP contribution is -2.15. The van der Waals surface area contributed by atoms with Gasteiger partial charge in [-0.15, -0.1) is 23.1 Å². The van der Waals surface area contributed by atoms with Crippen LogP contribution < -0.4 is 5.32 Å². The molecule has 2 aromatic heterocycles. The largest absolute Gasteiger partial charge is 0.388 e. The van der Waals surface area contributed by atoms with E-state index < -0.39 is 0 Å². The van der Waals surface area contributed by atoms with E-state index in [4.69, 9.17) is 5.41 Å². The maximum absolute atomic E-state index is 8.13. The van der Waals surface area contributed by atoms with Crippen molar-refractivity contribution in [2.24, 2.45) is 5.92 Å². The van der Waals surface area contributed by atoms with E-state index in [1.165, 1.54) is 70.0 Å². The summed E-state index contributed by atoms with van der Waals surface area (Å²) in [5.41, 5.74) is 7.01. The van der Waals surface area contributed by atoms with Crippen molar-refractivity contribution >= 4 is 93.2 Å². The molecule has 216 valence electrons. The van der Waals surface area contributed by atoms with Gasteiger partial charge in [0.15, 0.2) is 0 Å². The van der Waals surface area contributed by atoms with Gasteiger partial charge in [0, 0.05) is 73.1 Å². The van der Waals surface area contributed by atoms with E-state index in [1.807, 2.05) is 36.2 Å². The Balaban J connectivity index is 1.49. The van der Waals surface area contributed by atoms with E-state index >= 15 is 0 Å². The molecule has 45 heavy (non-hydrogen) atoms. The Labute approximate surface area is 269 Å². The van der Waals surface area contributed by atoms with Gasteiger partial charge >= 0.3 is 0 Å².